The number of piperazine rings is 1. The maximum absolute atomic E-state index is 5.60. The lowest BCUT2D eigenvalue weighted by Gasteiger charge is -2.32. The predicted molar refractivity (Wildman–Crippen MR) is 88.9 cm³/mol. The number of hydrogen-bond donors (Lipinski definition) is 1. The Morgan fingerprint density at radius 3 is 2.30 bits per heavy atom. The SMILES string of the molecule is CCOc1c(Br)cc(CNN2CCN(C)CC2)cc1Br. The normalized spacial score (nSPS) is 17.4. The zero-order chi connectivity index (χ0) is 14.5. The molecule has 0 bridgehead atoms. The first-order valence-corrected chi connectivity index (χ1v) is 8.46. The van der Waals surface area contributed by atoms with Crippen LogP contribution >= 0.6 is 31.9 Å². The Morgan fingerprint density at radius 2 is 1.75 bits per heavy atom. The van der Waals surface area contributed by atoms with Gasteiger partial charge in [-0.3, -0.25) is 5.43 Å². The van der Waals surface area contributed by atoms with Crippen molar-refractivity contribution in [2.75, 3.05) is 39.8 Å². The highest BCUT2D eigenvalue weighted by molar-refractivity contribution is 9.11. The zero-order valence-corrected chi connectivity index (χ0v) is 15.1. The van der Waals surface area contributed by atoms with E-state index in [2.05, 4.69) is 66.4 Å². The number of hydrazine groups is 1. The van der Waals surface area contributed by atoms with Crippen LogP contribution in [0, 0.1) is 0 Å². The fraction of sp³-hybridized carbons (Fsp3) is 0.571. The van der Waals surface area contributed by atoms with Gasteiger partial charge in [0.15, 0.2) is 0 Å². The molecule has 1 heterocycles. The van der Waals surface area contributed by atoms with Gasteiger partial charge in [-0.25, -0.2) is 5.01 Å². The van der Waals surface area contributed by atoms with E-state index in [1.54, 1.807) is 0 Å². The molecular formula is C14H21Br2N3O. The summed E-state index contributed by atoms with van der Waals surface area (Å²) in [6.45, 7) is 7.84. The van der Waals surface area contributed by atoms with Crippen molar-refractivity contribution in [2.45, 2.75) is 13.5 Å². The number of likely N-dealkylation sites (N-methyl/N-ethyl adjacent to an activating group) is 1. The summed E-state index contributed by atoms with van der Waals surface area (Å²) in [7, 11) is 2.16. The molecule has 112 valence electrons. The van der Waals surface area contributed by atoms with Crippen LogP contribution in [0.1, 0.15) is 12.5 Å². The molecule has 0 aliphatic carbocycles. The summed E-state index contributed by atoms with van der Waals surface area (Å²) in [5, 5.41) is 2.29. The molecule has 0 aromatic heterocycles. The van der Waals surface area contributed by atoms with E-state index >= 15 is 0 Å². The van der Waals surface area contributed by atoms with Crippen molar-refractivity contribution < 1.29 is 4.74 Å². The Hall–Kier alpha value is -0.140. The second-order valence-corrected chi connectivity index (χ2v) is 6.66. The average Bonchev–Trinajstić information content (AvgIpc) is 2.42. The minimum Gasteiger partial charge on any atom is -0.492 e. The van der Waals surface area contributed by atoms with Gasteiger partial charge in [0.05, 0.1) is 15.6 Å². The van der Waals surface area contributed by atoms with Crippen molar-refractivity contribution in [1.29, 1.82) is 0 Å². The van der Waals surface area contributed by atoms with E-state index in [-0.39, 0.29) is 0 Å². The molecule has 0 amide bonds. The number of nitrogens with one attached hydrogen (secondary N) is 1. The molecule has 4 nitrogen and oxygen atoms in total. The highest BCUT2D eigenvalue weighted by Crippen LogP contribution is 2.34. The van der Waals surface area contributed by atoms with E-state index < -0.39 is 0 Å². The topological polar surface area (TPSA) is 27.7 Å². The van der Waals surface area contributed by atoms with Crippen LogP contribution in [0.5, 0.6) is 5.75 Å². The van der Waals surface area contributed by atoms with Crippen LogP contribution in [0.25, 0.3) is 0 Å². The van der Waals surface area contributed by atoms with Gasteiger partial charge in [-0.2, -0.15) is 0 Å². The Bertz CT molecular complexity index is 425. The van der Waals surface area contributed by atoms with E-state index in [4.69, 9.17) is 4.74 Å². The van der Waals surface area contributed by atoms with Gasteiger partial charge in [-0.05, 0) is 63.5 Å². The second kappa shape index (κ2) is 7.75. The standard InChI is InChI=1S/C14H21Br2N3O/c1-3-20-14-12(15)8-11(9-13(14)16)10-17-19-6-4-18(2)5-7-19/h8-9,17H,3-7,10H2,1-2H3. The number of benzene rings is 1. The monoisotopic (exact) mass is 405 g/mol. The lowest BCUT2D eigenvalue weighted by atomic mass is 10.2. The minimum atomic E-state index is 0.663. The largest absolute Gasteiger partial charge is 0.492 e. The van der Waals surface area contributed by atoms with E-state index in [1.165, 1.54) is 5.56 Å². The van der Waals surface area contributed by atoms with Crippen molar-refractivity contribution in [1.82, 2.24) is 15.3 Å². The van der Waals surface area contributed by atoms with Gasteiger partial charge in [0, 0.05) is 32.7 Å². The maximum atomic E-state index is 5.60. The highest BCUT2D eigenvalue weighted by atomic mass is 79.9. The number of rotatable bonds is 5. The first-order chi connectivity index (χ1) is 9.60. The summed E-state index contributed by atoms with van der Waals surface area (Å²) in [5.74, 6) is 0.871. The van der Waals surface area contributed by atoms with Crippen molar-refractivity contribution in [2.24, 2.45) is 0 Å². The van der Waals surface area contributed by atoms with E-state index in [1.807, 2.05) is 6.92 Å². The van der Waals surface area contributed by atoms with Gasteiger partial charge < -0.3 is 9.64 Å². The third-order valence-corrected chi connectivity index (χ3v) is 4.53. The fourth-order valence-electron chi connectivity index (χ4n) is 2.16. The summed E-state index contributed by atoms with van der Waals surface area (Å²) in [6.07, 6.45) is 0. The number of hydrogen-bond acceptors (Lipinski definition) is 4. The van der Waals surface area contributed by atoms with Gasteiger partial charge in [-0.15, -0.1) is 0 Å². The molecule has 1 N–H and O–H groups in total. The molecule has 1 aromatic rings. The zero-order valence-electron chi connectivity index (χ0n) is 12.0. The third-order valence-electron chi connectivity index (χ3n) is 3.36. The maximum Gasteiger partial charge on any atom is 0.147 e. The molecule has 0 atom stereocenters. The van der Waals surface area contributed by atoms with Crippen LogP contribution in [0.15, 0.2) is 21.1 Å². The number of ether oxygens (including phenoxy) is 1. The molecule has 1 aliphatic heterocycles. The average molecular weight is 407 g/mol. The molecule has 0 spiro atoms. The van der Waals surface area contributed by atoms with Crippen LogP contribution in [0.4, 0.5) is 0 Å². The molecule has 6 heteroatoms. The summed E-state index contributed by atoms with van der Waals surface area (Å²) in [5.41, 5.74) is 4.72. The Kier molecular flexibility index (Phi) is 6.29. The Labute approximate surface area is 137 Å². The van der Waals surface area contributed by atoms with Gasteiger partial charge >= 0.3 is 0 Å². The second-order valence-electron chi connectivity index (χ2n) is 4.95. The predicted octanol–water partition coefficient (Wildman–Crippen LogP) is 2.86. The molecule has 1 aliphatic rings. The van der Waals surface area contributed by atoms with Gasteiger partial charge in [0.2, 0.25) is 0 Å². The smallest absolute Gasteiger partial charge is 0.147 e. The van der Waals surface area contributed by atoms with Crippen molar-refractivity contribution in [3.8, 4) is 5.75 Å². The molecule has 0 unspecified atom stereocenters. The van der Waals surface area contributed by atoms with E-state index in [0.29, 0.717) is 6.61 Å². The van der Waals surface area contributed by atoms with Crippen LogP contribution in [0.3, 0.4) is 0 Å². The highest BCUT2D eigenvalue weighted by Gasteiger charge is 2.14. The third kappa shape index (κ3) is 4.43. The molecule has 2 rings (SSSR count). The lowest BCUT2D eigenvalue weighted by Crippen LogP contribution is -2.50. The molecule has 0 radical (unpaired) electrons. The molecular weight excluding hydrogens is 386 g/mol. The summed E-state index contributed by atoms with van der Waals surface area (Å²) in [4.78, 5) is 2.35. The quantitative estimate of drug-likeness (QED) is 0.813. The van der Waals surface area contributed by atoms with E-state index in [0.717, 1.165) is 47.4 Å². The Balaban J connectivity index is 1.93. The van der Waals surface area contributed by atoms with Crippen molar-refractivity contribution >= 4 is 31.9 Å². The Morgan fingerprint density at radius 1 is 1.15 bits per heavy atom. The molecule has 20 heavy (non-hydrogen) atoms. The summed E-state index contributed by atoms with van der Waals surface area (Å²) >= 11 is 7.14. The summed E-state index contributed by atoms with van der Waals surface area (Å²) in [6, 6.07) is 4.22. The van der Waals surface area contributed by atoms with Crippen LogP contribution in [-0.4, -0.2) is 49.7 Å². The van der Waals surface area contributed by atoms with Crippen LogP contribution in [-0.2, 0) is 6.54 Å². The minimum absolute atomic E-state index is 0.663. The van der Waals surface area contributed by atoms with Gasteiger partial charge in [0.1, 0.15) is 5.75 Å². The van der Waals surface area contributed by atoms with Crippen molar-refractivity contribution in [3.05, 3.63) is 26.6 Å². The number of halogens is 2. The van der Waals surface area contributed by atoms with Crippen LogP contribution in [0.2, 0.25) is 0 Å². The van der Waals surface area contributed by atoms with Crippen molar-refractivity contribution in [3.63, 3.8) is 0 Å². The molecule has 1 fully saturated rings. The summed E-state index contributed by atoms with van der Waals surface area (Å²) < 4.78 is 7.58. The first kappa shape index (κ1) is 16.2. The fourth-order valence-corrected chi connectivity index (χ4v) is 3.67. The van der Waals surface area contributed by atoms with Gasteiger partial charge in [0.25, 0.3) is 0 Å². The number of nitrogens with zero attached hydrogens (tertiary/aromatic N) is 2. The molecule has 1 aromatic carbocycles. The van der Waals surface area contributed by atoms with E-state index in [9.17, 15) is 0 Å². The molecule has 1 saturated heterocycles. The first-order valence-electron chi connectivity index (χ1n) is 6.88. The lowest BCUT2D eigenvalue weighted by molar-refractivity contribution is 0.102. The van der Waals surface area contributed by atoms with Gasteiger partial charge in [-0.1, -0.05) is 0 Å². The molecule has 0 saturated carbocycles. The van der Waals surface area contributed by atoms with Crippen LogP contribution < -0.4 is 10.2 Å².